The molecule has 4 bridgehead atoms. The van der Waals surface area contributed by atoms with Crippen LogP contribution in [0.3, 0.4) is 0 Å². The average Bonchev–Trinajstić information content (AvgIpc) is 2.87. The van der Waals surface area contributed by atoms with Crippen molar-refractivity contribution in [2.24, 2.45) is 0 Å². The molecule has 9 heteroatoms. The van der Waals surface area contributed by atoms with E-state index in [2.05, 4.69) is 10.2 Å². The van der Waals surface area contributed by atoms with Crippen molar-refractivity contribution in [3.63, 3.8) is 0 Å². The van der Waals surface area contributed by atoms with E-state index < -0.39 is 0 Å². The van der Waals surface area contributed by atoms with Crippen LogP contribution in [0.5, 0.6) is 17.2 Å². The second-order valence-corrected chi connectivity index (χ2v) is 9.32. The maximum absolute atomic E-state index is 12.8. The number of nitrogens with one attached hydrogen (secondary N) is 1. The number of likely N-dealkylation sites (N-methyl/N-ethyl adjacent to an activating group) is 1. The second kappa shape index (κ2) is 12.2. The van der Waals surface area contributed by atoms with Crippen LogP contribution in [0.15, 0.2) is 42.5 Å². The number of methoxy groups -OCH3 is 1. The lowest BCUT2D eigenvalue weighted by atomic mass is 10.0. The number of piperidine rings is 1. The van der Waals surface area contributed by atoms with E-state index in [-0.39, 0.29) is 43.5 Å². The minimum absolute atomic E-state index is 0.0133. The van der Waals surface area contributed by atoms with Crippen molar-refractivity contribution in [2.45, 2.75) is 38.0 Å². The third-order valence-electron chi connectivity index (χ3n) is 6.66. The Bertz CT molecular complexity index is 1060. The van der Waals surface area contributed by atoms with Crippen LogP contribution in [-0.4, -0.2) is 85.8 Å². The number of aryl methyl sites for hydroxylation is 1. The first-order chi connectivity index (χ1) is 17.4. The number of benzene rings is 2. The molecule has 3 aliphatic heterocycles. The number of aliphatic hydroxyl groups is 1. The Morgan fingerprint density at radius 3 is 2.81 bits per heavy atom. The lowest BCUT2D eigenvalue weighted by Gasteiger charge is -2.38. The molecule has 5 rings (SSSR count). The van der Waals surface area contributed by atoms with Crippen LogP contribution >= 0.6 is 0 Å². The van der Waals surface area contributed by atoms with E-state index in [0.717, 1.165) is 17.7 Å². The van der Waals surface area contributed by atoms with Crippen LogP contribution in [0.25, 0.3) is 0 Å². The minimum atomic E-state index is -0.255. The Morgan fingerprint density at radius 2 is 2.00 bits per heavy atom. The first-order valence-electron chi connectivity index (χ1n) is 12.4. The van der Waals surface area contributed by atoms with Crippen LogP contribution < -0.4 is 14.8 Å². The topological polar surface area (TPSA) is 101 Å². The predicted molar refractivity (Wildman–Crippen MR) is 134 cm³/mol. The van der Waals surface area contributed by atoms with E-state index >= 15 is 0 Å². The molecule has 2 N–H and O–H groups in total. The van der Waals surface area contributed by atoms with Gasteiger partial charge in [-0.15, -0.1) is 0 Å². The molecule has 3 heterocycles. The smallest absolute Gasteiger partial charge is 0.239 e. The number of fused-ring (bicyclic) bond motifs is 9. The van der Waals surface area contributed by atoms with E-state index in [1.165, 1.54) is 4.90 Å². The molecule has 3 aliphatic rings. The highest BCUT2D eigenvalue weighted by Gasteiger charge is 2.31. The van der Waals surface area contributed by atoms with Gasteiger partial charge in [0.15, 0.2) is 11.5 Å². The van der Waals surface area contributed by atoms with Gasteiger partial charge in [0.2, 0.25) is 11.8 Å². The summed E-state index contributed by atoms with van der Waals surface area (Å²) in [5.74, 6) is 1.51. The molecule has 1 fully saturated rings. The maximum Gasteiger partial charge on any atom is 0.239 e. The van der Waals surface area contributed by atoms with Gasteiger partial charge in [0.05, 0.1) is 39.0 Å². The Morgan fingerprint density at radius 1 is 1.14 bits per heavy atom. The van der Waals surface area contributed by atoms with Crippen molar-refractivity contribution in [1.82, 2.24) is 15.1 Å². The van der Waals surface area contributed by atoms with Gasteiger partial charge in [0.25, 0.3) is 0 Å². The van der Waals surface area contributed by atoms with E-state index in [0.29, 0.717) is 49.8 Å². The fraction of sp³-hybridized carbons (Fsp3) is 0.481. The first-order valence-corrected chi connectivity index (χ1v) is 12.4. The highest BCUT2D eigenvalue weighted by molar-refractivity contribution is 5.84. The zero-order valence-electron chi connectivity index (χ0n) is 20.9. The van der Waals surface area contributed by atoms with E-state index in [1.54, 1.807) is 14.2 Å². The average molecular weight is 498 g/mol. The second-order valence-electron chi connectivity index (χ2n) is 9.32. The number of aliphatic hydroxyl groups excluding tert-OH is 1. The van der Waals surface area contributed by atoms with Crippen LogP contribution in [0.2, 0.25) is 0 Å². The predicted octanol–water partition coefficient (Wildman–Crippen LogP) is 1.96. The van der Waals surface area contributed by atoms with Gasteiger partial charge in [-0.1, -0.05) is 18.2 Å². The van der Waals surface area contributed by atoms with Gasteiger partial charge >= 0.3 is 0 Å². The molecule has 0 saturated carbocycles. The monoisotopic (exact) mass is 497 g/mol. The normalized spacial score (nSPS) is 22.0. The van der Waals surface area contributed by atoms with Crippen LogP contribution in [0.1, 0.15) is 24.0 Å². The molecular weight excluding hydrogens is 462 g/mol. The van der Waals surface area contributed by atoms with Crippen molar-refractivity contribution in [2.75, 3.05) is 46.9 Å². The van der Waals surface area contributed by atoms with E-state index in [1.807, 2.05) is 42.5 Å². The molecular formula is C27H35N3O6. The number of hydrogen-bond acceptors (Lipinski definition) is 7. The van der Waals surface area contributed by atoms with Gasteiger partial charge in [0.1, 0.15) is 5.75 Å². The van der Waals surface area contributed by atoms with Gasteiger partial charge in [-0.05, 0) is 48.2 Å². The van der Waals surface area contributed by atoms with Crippen molar-refractivity contribution in [3.8, 4) is 17.2 Å². The molecule has 9 nitrogen and oxygen atoms in total. The van der Waals surface area contributed by atoms with Gasteiger partial charge in [0, 0.05) is 33.1 Å². The molecule has 0 aromatic heterocycles. The third-order valence-corrected chi connectivity index (χ3v) is 6.66. The number of amides is 2. The number of β-amino-alcohol motifs (C(OH)–C–C–N with tert-alkyl or cyclic N) is 1. The zero-order valence-corrected chi connectivity index (χ0v) is 20.9. The summed E-state index contributed by atoms with van der Waals surface area (Å²) in [5.41, 5.74) is 1.89. The molecule has 0 aliphatic carbocycles. The van der Waals surface area contributed by atoms with Gasteiger partial charge < -0.3 is 29.5 Å². The van der Waals surface area contributed by atoms with Crippen LogP contribution in [0.4, 0.5) is 0 Å². The number of nitrogens with zero attached hydrogens (tertiary/aromatic N) is 2. The molecule has 2 amide bonds. The first kappa shape index (κ1) is 25.9. The van der Waals surface area contributed by atoms with Crippen molar-refractivity contribution >= 4 is 11.8 Å². The largest absolute Gasteiger partial charge is 0.493 e. The van der Waals surface area contributed by atoms with Crippen molar-refractivity contribution < 1.29 is 28.9 Å². The lowest BCUT2D eigenvalue weighted by Crippen LogP contribution is -2.56. The fourth-order valence-electron chi connectivity index (χ4n) is 4.64. The number of likely N-dealkylation sites (tertiary alicyclic amines) is 1. The van der Waals surface area contributed by atoms with Gasteiger partial charge in [-0.3, -0.25) is 14.5 Å². The number of carbonyl (C=O) groups is 2. The summed E-state index contributed by atoms with van der Waals surface area (Å²) in [4.78, 5) is 29.1. The highest BCUT2D eigenvalue weighted by Crippen LogP contribution is 2.33. The van der Waals surface area contributed by atoms with Gasteiger partial charge in [-0.25, -0.2) is 0 Å². The Kier molecular flexibility index (Phi) is 8.79. The third kappa shape index (κ3) is 6.75. The number of hydrogen-bond donors (Lipinski definition) is 2. The Balaban J connectivity index is 1.59. The standard InChI is InChI=1S/C27H35N3O6/c1-29-17-26(32)28-22-10-11-30(12-13-31)16-25(22)35-18-20-4-3-5-21(14-20)36-23-8-6-19(7-9-27(29)33)15-24(23)34-2/h3-6,8,14-15,22,25,31H,7,9-13,16-18H2,1-2H3,(H,28,32)/t22-,25-/m0/s1. The van der Waals surface area contributed by atoms with Crippen LogP contribution in [-0.2, 0) is 27.4 Å². The maximum atomic E-state index is 12.8. The summed E-state index contributed by atoms with van der Waals surface area (Å²) in [6, 6.07) is 13.1. The van der Waals surface area contributed by atoms with Gasteiger partial charge in [-0.2, -0.15) is 0 Å². The lowest BCUT2D eigenvalue weighted by molar-refractivity contribution is -0.135. The summed E-state index contributed by atoms with van der Waals surface area (Å²) in [5, 5.41) is 12.5. The summed E-state index contributed by atoms with van der Waals surface area (Å²) in [6.07, 6.45) is 1.25. The number of rotatable bonds is 3. The molecule has 2 aromatic rings. The molecule has 36 heavy (non-hydrogen) atoms. The molecule has 194 valence electrons. The summed E-state index contributed by atoms with van der Waals surface area (Å²) < 4.78 is 17.9. The summed E-state index contributed by atoms with van der Waals surface area (Å²) in [6.45, 7) is 2.31. The van der Waals surface area contributed by atoms with Crippen molar-refractivity contribution in [1.29, 1.82) is 0 Å². The van der Waals surface area contributed by atoms with Crippen molar-refractivity contribution in [3.05, 3.63) is 53.6 Å². The summed E-state index contributed by atoms with van der Waals surface area (Å²) >= 11 is 0. The quantitative estimate of drug-likeness (QED) is 0.669. The minimum Gasteiger partial charge on any atom is -0.493 e. The van der Waals surface area contributed by atoms with Crippen LogP contribution in [0, 0.1) is 0 Å². The Labute approximate surface area is 211 Å². The Hall–Kier alpha value is -3.14. The van der Waals surface area contributed by atoms with E-state index in [4.69, 9.17) is 14.2 Å². The number of ether oxygens (including phenoxy) is 3. The SMILES string of the molecule is COc1cc2ccc1Oc1cccc(c1)CO[C@H]1CN(CCO)CC[C@@H]1NC(=O)CN(C)C(=O)CC2. The van der Waals surface area contributed by atoms with E-state index in [9.17, 15) is 14.7 Å². The zero-order chi connectivity index (χ0) is 25.5. The summed E-state index contributed by atoms with van der Waals surface area (Å²) in [7, 11) is 3.23. The fourth-order valence-corrected chi connectivity index (χ4v) is 4.64. The molecule has 1 saturated heterocycles. The molecule has 0 unspecified atom stereocenters. The number of carbonyl (C=O) groups excluding carboxylic acids is 2. The molecule has 2 aromatic carbocycles. The molecule has 0 radical (unpaired) electrons. The highest BCUT2D eigenvalue weighted by atomic mass is 16.5. The molecule has 0 spiro atoms. The molecule has 2 atom stereocenters.